The lowest BCUT2D eigenvalue weighted by Crippen LogP contribution is -2.67. The Balaban J connectivity index is 1.83. The van der Waals surface area contributed by atoms with E-state index in [1.54, 1.807) is 24.2 Å². The van der Waals surface area contributed by atoms with Gasteiger partial charge < -0.3 is 31.0 Å². The minimum Gasteiger partial charge on any atom is -0.506 e. The highest BCUT2D eigenvalue weighted by molar-refractivity contribution is 6.22. The molecule has 0 saturated heterocycles. The lowest BCUT2D eigenvalue weighted by Gasteiger charge is -2.50. The van der Waals surface area contributed by atoms with Crippen LogP contribution in [0.2, 0.25) is 0 Å². The summed E-state index contributed by atoms with van der Waals surface area (Å²) in [7, 11) is 3.24. The van der Waals surface area contributed by atoms with E-state index in [2.05, 4.69) is 0 Å². The van der Waals surface area contributed by atoms with Crippen LogP contribution in [-0.4, -0.2) is 68.5 Å². The van der Waals surface area contributed by atoms with Gasteiger partial charge in [-0.25, -0.2) is 0 Å². The van der Waals surface area contributed by atoms with Gasteiger partial charge in [0.05, 0.1) is 13.0 Å². The summed E-state index contributed by atoms with van der Waals surface area (Å²) < 4.78 is 0. The zero-order valence-corrected chi connectivity index (χ0v) is 17.5. The number of ketones is 2. The van der Waals surface area contributed by atoms with E-state index >= 15 is 0 Å². The predicted molar refractivity (Wildman–Crippen MR) is 109 cm³/mol. The molecule has 0 bridgehead atoms. The molecule has 0 spiro atoms. The second-order valence-electron chi connectivity index (χ2n) is 8.49. The van der Waals surface area contributed by atoms with Gasteiger partial charge in [0.1, 0.15) is 11.2 Å². The highest BCUT2D eigenvalue weighted by Crippen LogP contribution is 2.51. The minimum atomic E-state index is -3.31. The van der Waals surface area contributed by atoms with E-state index in [0.29, 0.717) is 12.1 Å². The topological polar surface area (TPSA) is 171 Å². The highest BCUT2D eigenvalue weighted by Gasteiger charge is 2.66. The van der Waals surface area contributed by atoms with Crippen LogP contribution in [0.5, 0.6) is 0 Å². The molecule has 0 aromatic heterocycles. The van der Waals surface area contributed by atoms with Crippen LogP contribution >= 0.6 is 0 Å². The van der Waals surface area contributed by atoms with E-state index in [-0.39, 0.29) is 17.8 Å². The van der Waals surface area contributed by atoms with Crippen LogP contribution in [0.15, 0.2) is 41.2 Å². The average Bonchev–Trinajstić information content (AvgIpc) is 2.72. The number of primary amides is 1. The lowest BCUT2D eigenvalue weighted by atomic mass is 9.59. The predicted octanol–water partition coefficient (Wildman–Crippen LogP) is -0.727. The molecule has 0 fully saturated rings. The number of benzene rings is 1. The van der Waals surface area contributed by atoms with Crippen molar-refractivity contribution in [1.29, 1.82) is 0 Å². The Hall–Kier alpha value is -2.89. The summed E-state index contributed by atoms with van der Waals surface area (Å²) in [6, 6.07) is 5.24. The second-order valence-corrected chi connectivity index (χ2v) is 8.49. The van der Waals surface area contributed by atoms with E-state index in [9.17, 15) is 34.8 Å². The summed E-state index contributed by atoms with van der Waals surface area (Å²) >= 11 is 0. The molecule has 3 aliphatic rings. The lowest BCUT2D eigenvalue weighted by molar-refractivity contribution is -0.285. The fourth-order valence-corrected chi connectivity index (χ4v) is 4.99. The Morgan fingerprint density at radius 3 is 2.59 bits per heavy atom. The molecule has 3 unspecified atom stereocenters. The maximum atomic E-state index is 13.3. The van der Waals surface area contributed by atoms with Crippen LogP contribution in [0.1, 0.15) is 27.9 Å². The number of Topliss-reactive ketones (excluding diaryl/α,β-unsaturated/α-hetero) is 2. The number of amides is 1. The van der Waals surface area contributed by atoms with E-state index in [0.717, 1.165) is 11.1 Å². The summed E-state index contributed by atoms with van der Waals surface area (Å²) in [5, 5.41) is 44.2. The summed E-state index contributed by atoms with van der Waals surface area (Å²) in [5.74, 6) is -9.79. The molecule has 3 atom stereocenters. The monoisotopic (exact) mass is 444 g/mol. The van der Waals surface area contributed by atoms with E-state index < -0.39 is 52.7 Å². The maximum Gasteiger partial charge on any atom is 0.255 e. The maximum absolute atomic E-state index is 13.3. The smallest absolute Gasteiger partial charge is 0.255 e. The number of carbonyl (C=O) groups excluding carboxylic acids is 3. The first-order valence-corrected chi connectivity index (χ1v) is 10.0. The first-order valence-electron chi connectivity index (χ1n) is 10.0. The van der Waals surface area contributed by atoms with Crippen molar-refractivity contribution in [3.8, 4) is 0 Å². The quantitative estimate of drug-likeness (QED) is 0.228. The standard InChI is InChI=1S/C22H24N2O8/c1-24(32-2)9-10-4-3-5-12-13(10)6-11-8-21(29)15(7-14(11)17(12)25)18(26)16(20(23)28)19(27)22(21,30)31/h3-5,7,11,15,27,29-31H,6,8-9H2,1-2H3,(H2,23,28). The SMILES string of the molecule is CON(C)Cc1cccc2c1CC1CC3(O)C(C=C1C2=O)C(=O)C(C(N)=O)=C(O)C3(O)O. The van der Waals surface area contributed by atoms with Crippen LogP contribution in [0.25, 0.3) is 0 Å². The molecule has 1 aromatic carbocycles. The average molecular weight is 444 g/mol. The van der Waals surface area contributed by atoms with Crippen molar-refractivity contribution in [2.75, 3.05) is 14.2 Å². The second kappa shape index (κ2) is 7.32. The summed E-state index contributed by atoms with van der Waals surface area (Å²) in [5.41, 5.74) is 3.81. The van der Waals surface area contributed by atoms with Crippen molar-refractivity contribution in [2.24, 2.45) is 17.6 Å². The van der Waals surface area contributed by atoms with Crippen LogP contribution in [-0.2, 0) is 27.4 Å². The minimum absolute atomic E-state index is 0.235. The zero-order chi connectivity index (χ0) is 23.6. The van der Waals surface area contributed by atoms with Gasteiger partial charge in [-0.2, -0.15) is 5.06 Å². The number of fused-ring (bicyclic) bond motifs is 3. The highest BCUT2D eigenvalue weighted by atomic mass is 16.7. The van der Waals surface area contributed by atoms with Crippen molar-refractivity contribution >= 4 is 17.5 Å². The van der Waals surface area contributed by atoms with Crippen molar-refractivity contribution < 1.29 is 39.6 Å². The molecule has 10 nitrogen and oxygen atoms in total. The molecular formula is C22H24N2O8. The van der Waals surface area contributed by atoms with Gasteiger partial charge in [0, 0.05) is 24.7 Å². The van der Waals surface area contributed by atoms with Crippen molar-refractivity contribution in [1.82, 2.24) is 5.06 Å². The molecule has 0 saturated carbocycles. The van der Waals surface area contributed by atoms with Crippen molar-refractivity contribution in [2.45, 2.75) is 30.8 Å². The third kappa shape index (κ3) is 2.95. The van der Waals surface area contributed by atoms with Crippen molar-refractivity contribution in [3.63, 3.8) is 0 Å². The molecule has 1 aromatic rings. The van der Waals surface area contributed by atoms with E-state index in [1.807, 2.05) is 6.07 Å². The summed E-state index contributed by atoms with van der Waals surface area (Å²) in [6.45, 7) is 0.388. The molecule has 32 heavy (non-hydrogen) atoms. The van der Waals surface area contributed by atoms with E-state index in [1.165, 1.54) is 13.2 Å². The molecule has 0 aliphatic heterocycles. The summed E-state index contributed by atoms with van der Waals surface area (Å²) in [4.78, 5) is 43.0. The van der Waals surface area contributed by atoms with Gasteiger partial charge in [0.25, 0.3) is 11.7 Å². The number of aliphatic hydroxyl groups is 4. The van der Waals surface area contributed by atoms with Crippen LogP contribution in [0.4, 0.5) is 0 Å². The molecule has 4 rings (SSSR count). The fraction of sp³-hybridized carbons (Fsp3) is 0.409. The van der Waals surface area contributed by atoms with Crippen molar-refractivity contribution in [3.05, 3.63) is 57.9 Å². The molecule has 10 heteroatoms. The van der Waals surface area contributed by atoms with E-state index in [4.69, 9.17) is 10.6 Å². The zero-order valence-electron chi connectivity index (χ0n) is 17.5. The Labute approximate surface area is 183 Å². The van der Waals surface area contributed by atoms with Gasteiger partial charge in [-0.05, 0) is 29.9 Å². The third-order valence-electron chi connectivity index (χ3n) is 6.74. The summed E-state index contributed by atoms with van der Waals surface area (Å²) in [6.07, 6.45) is 1.05. The number of carbonyl (C=O) groups is 3. The Morgan fingerprint density at radius 2 is 1.97 bits per heavy atom. The Bertz CT molecular complexity index is 1110. The largest absolute Gasteiger partial charge is 0.506 e. The van der Waals surface area contributed by atoms with Gasteiger partial charge in [-0.15, -0.1) is 0 Å². The number of rotatable bonds is 4. The molecular weight excluding hydrogens is 420 g/mol. The fourth-order valence-electron chi connectivity index (χ4n) is 4.99. The first-order chi connectivity index (χ1) is 14.9. The Morgan fingerprint density at radius 1 is 1.28 bits per heavy atom. The third-order valence-corrected chi connectivity index (χ3v) is 6.74. The molecule has 0 heterocycles. The van der Waals surface area contributed by atoms with Crippen LogP contribution < -0.4 is 5.73 Å². The van der Waals surface area contributed by atoms with Gasteiger partial charge in [0.15, 0.2) is 17.3 Å². The van der Waals surface area contributed by atoms with Crippen LogP contribution in [0.3, 0.4) is 0 Å². The molecule has 1 amide bonds. The first kappa shape index (κ1) is 22.3. The molecule has 6 N–H and O–H groups in total. The van der Waals surface area contributed by atoms with Gasteiger partial charge >= 0.3 is 0 Å². The number of allylic oxidation sites excluding steroid dienone is 1. The normalized spacial score (nSPS) is 28.8. The van der Waals surface area contributed by atoms with Gasteiger partial charge in [-0.1, -0.05) is 24.3 Å². The number of nitrogens with zero attached hydrogens (tertiary/aromatic N) is 1. The molecule has 3 aliphatic carbocycles. The number of hydroxylamine groups is 2. The molecule has 0 radical (unpaired) electrons. The Kier molecular flexibility index (Phi) is 5.11. The van der Waals surface area contributed by atoms with Gasteiger partial charge in [0.2, 0.25) is 0 Å². The number of aliphatic hydroxyl groups excluding tert-OH is 1. The number of hydrogen-bond acceptors (Lipinski definition) is 9. The molecule has 170 valence electrons. The number of nitrogens with two attached hydrogens (primary N) is 1. The number of hydrogen-bond donors (Lipinski definition) is 5. The van der Waals surface area contributed by atoms with Crippen LogP contribution in [0, 0.1) is 11.8 Å². The van der Waals surface area contributed by atoms with Gasteiger partial charge in [-0.3, -0.25) is 14.4 Å².